The molecule has 132 valence electrons. The zero-order valence-corrected chi connectivity index (χ0v) is 15.1. The molecule has 1 saturated heterocycles. The Balaban J connectivity index is 1.80. The SMILES string of the molecule is CC(=O)N(CC(=O)N1CCN(Cc2ccccc2)CC1)CC(C)C. The molecule has 0 unspecified atom stereocenters. The quantitative estimate of drug-likeness (QED) is 0.799. The smallest absolute Gasteiger partial charge is 0.242 e. The number of nitrogens with zero attached hydrogens (tertiary/aromatic N) is 3. The maximum absolute atomic E-state index is 12.5. The van der Waals surface area contributed by atoms with E-state index in [9.17, 15) is 9.59 Å². The fraction of sp³-hybridized carbons (Fsp3) is 0.579. The van der Waals surface area contributed by atoms with Crippen molar-refractivity contribution >= 4 is 11.8 Å². The van der Waals surface area contributed by atoms with E-state index in [4.69, 9.17) is 0 Å². The van der Waals surface area contributed by atoms with Crippen molar-refractivity contribution in [3.63, 3.8) is 0 Å². The first-order chi connectivity index (χ1) is 11.5. The van der Waals surface area contributed by atoms with Gasteiger partial charge in [0.1, 0.15) is 0 Å². The van der Waals surface area contributed by atoms with Crippen molar-refractivity contribution in [1.29, 1.82) is 0 Å². The van der Waals surface area contributed by atoms with Crippen LogP contribution in [0, 0.1) is 5.92 Å². The van der Waals surface area contributed by atoms with Crippen LogP contribution in [0.2, 0.25) is 0 Å². The Kier molecular flexibility index (Phi) is 6.79. The van der Waals surface area contributed by atoms with Gasteiger partial charge in [0.25, 0.3) is 0 Å². The summed E-state index contributed by atoms with van der Waals surface area (Å²) in [7, 11) is 0. The molecule has 0 atom stereocenters. The molecule has 0 aliphatic carbocycles. The molecule has 0 aromatic heterocycles. The molecule has 0 spiro atoms. The van der Waals surface area contributed by atoms with Crippen molar-refractivity contribution in [1.82, 2.24) is 14.7 Å². The van der Waals surface area contributed by atoms with Gasteiger partial charge in [0.15, 0.2) is 0 Å². The summed E-state index contributed by atoms with van der Waals surface area (Å²) in [5.41, 5.74) is 1.30. The Hall–Kier alpha value is -1.88. The Morgan fingerprint density at radius 3 is 2.25 bits per heavy atom. The molecule has 2 rings (SSSR count). The van der Waals surface area contributed by atoms with Crippen LogP contribution in [0.25, 0.3) is 0 Å². The highest BCUT2D eigenvalue weighted by Crippen LogP contribution is 2.09. The van der Waals surface area contributed by atoms with Crippen LogP contribution in [0.5, 0.6) is 0 Å². The summed E-state index contributed by atoms with van der Waals surface area (Å²) in [4.78, 5) is 30.1. The topological polar surface area (TPSA) is 43.9 Å². The fourth-order valence-corrected chi connectivity index (χ4v) is 3.01. The molecule has 24 heavy (non-hydrogen) atoms. The van der Waals surface area contributed by atoms with Gasteiger partial charge in [-0.2, -0.15) is 0 Å². The van der Waals surface area contributed by atoms with E-state index in [0.29, 0.717) is 12.5 Å². The summed E-state index contributed by atoms with van der Waals surface area (Å²) in [6.45, 7) is 10.6. The molecule has 1 aliphatic heterocycles. The lowest BCUT2D eigenvalue weighted by Gasteiger charge is -2.36. The molecule has 0 bridgehead atoms. The molecule has 0 saturated carbocycles. The molecule has 1 heterocycles. The number of amides is 2. The number of carbonyl (C=O) groups is 2. The predicted molar refractivity (Wildman–Crippen MR) is 95.4 cm³/mol. The van der Waals surface area contributed by atoms with Crippen LogP contribution >= 0.6 is 0 Å². The van der Waals surface area contributed by atoms with Crippen LogP contribution < -0.4 is 0 Å². The molecule has 5 heteroatoms. The van der Waals surface area contributed by atoms with E-state index in [1.807, 2.05) is 11.0 Å². The van der Waals surface area contributed by atoms with Crippen molar-refractivity contribution in [2.24, 2.45) is 5.92 Å². The third-order valence-corrected chi connectivity index (χ3v) is 4.33. The normalized spacial score (nSPS) is 15.6. The van der Waals surface area contributed by atoms with Crippen molar-refractivity contribution in [3.05, 3.63) is 35.9 Å². The van der Waals surface area contributed by atoms with E-state index < -0.39 is 0 Å². The van der Waals surface area contributed by atoms with Gasteiger partial charge in [0, 0.05) is 46.2 Å². The minimum Gasteiger partial charge on any atom is -0.339 e. The number of piperazine rings is 1. The van der Waals surface area contributed by atoms with E-state index in [0.717, 1.165) is 32.7 Å². The van der Waals surface area contributed by atoms with Crippen LogP contribution in [-0.4, -0.2) is 65.8 Å². The number of hydrogen-bond donors (Lipinski definition) is 0. The summed E-state index contributed by atoms with van der Waals surface area (Å²) in [5, 5.41) is 0. The first-order valence-electron chi connectivity index (χ1n) is 8.75. The Morgan fingerprint density at radius 1 is 1.08 bits per heavy atom. The van der Waals surface area contributed by atoms with Crippen molar-refractivity contribution in [2.75, 3.05) is 39.3 Å². The van der Waals surface area contributed by atoms with E-state index in [1.165, 1.54) is 12.5 Å². The van der Waals surface area contributed by atoms with E-state index in [2.05, 4.69) is 43.0 Å². The summed E-state index contributed by atoms with van der Waals surface area (Å²) in [6, 6.07) is 10.4. The van der Waals surface area contributed by atoms with Crippen molar-refractivity contribution in [2.45, 2.75) is 27.3 Å². The Bertz CT molecular complexity index is 537. The maximum atomic E-state index is 12.5. The van der Waals surface area contributed by atoms with E-state index in [-0.39, 0.29) is 18.4 Å². The van der Waals surface area contributed by atoms with Gasteiger partial charge >= 0.3 is 0 Å². The highest BCUT2D eigenvalue weighted by molar-refractivity contribution is 5.83. The third kappa shape index (κ3) is 5.64. The molecular weight excluding hydrogens is 302 g/mol. The molecule has 0 N–H and O–H groups in total. The van der Waals surface area contributed by atoms with Gasteiger partial charge in [0.2, 0.25) is 11.8 Å². The zero-order valence-electron chi connectivity index (χ0n) is 15.1. The van der Waals surface area contributed by atoms with Crippen molar-refractivity contribution in [3.8, 4) is 0 Å². The second-order valence-corrected chi connectivity index (χ2v) is 6.94. The molecule has 2 amide bonds. The van der Waals surface area contributed by atoms with Gasteiger partial charge in [-0.3, -0.25) is 14.5 Å². The van der Waals surface area contributed by atoms with Crippen LogP contribution in [0.3, 0.4) is 0 Å². The molecule has 1 aromatic rings. The monoisotopic (exact) mass is 331 g/mol. The van der Waals surface area contributed by atoms with Crippen LogP contribution in [0.15, 0.2) is 30.3 Å². The van der Waals surface area contributed by atoms with Gasteiger partial charge in [0.05, 0.1) is 6.54 Å². The molecule has 1 fully saturated rings. The maximum Gasteiger partial charge on any atom is 0.242 e. The first kappa shape index (κ1) is 18.5. The molecule has 5 nitrogen and oxygen atoms in total. The van der Waals surface area contributed by atoms with Crippen LogP contribution in [0.1, 0.15) is 26.3 Å². The molecule has 1 aliphatic rings. The zero-order chi connectivity index (χ0) is 17.5. The summed E-state index contributed by atoms with van der Waals surface area (Å²) < 4.78 is 0. The van der Waals surface area contributed by atoms with Gasteiger partial charge in [-0.15, -0.1) is 0 Å². The highest BCUT2D eigenvalue weighted by atomic mass is 16.2. The van der Waals surface area contributed by atoms with Crippen molar-refractivity contribution < 1.29 is 9.59 Å². The van der Waals surface area contributed by atoms with Gasteiger partial charge in [-0.1, -0.05) is 44.2 Å². The second kappa shape index (κ2) is 8.83. The summed E-state index contributed by atoms with van der Waals surface area (Å²) in [6.07, 6.45) is 0. The largest absolute Gasteiger partial charge is 0.339 e. The van der Waals surface area contributed by atoms with E-state index in [1.54, 1.807) is 4.90 Å². The van der Waals surface area contributed by atoms with Crippen LogP contribution in [-0.2, 0) is 16.1 Å². The predicted octanol–water partition coefficient (Wildman–Crippen LogP) is 1.84. The Morgan fingerprint density at radius 2 is 1.71 bits per heavy atom. The lowest BCUT2D eigenvalue weighted by molar-refractivity contribution is -0.140. The van der Waals surface area contributed by atoms with Gasteiger partial charge < -0.3 is 9.80 Å². The lowest BCUT2D eigenvalue weighted by Crippen LogP contribution is -2.51. The number of benzene rings is 1. The van der Waals surface area contributed by atoms with E-state index >= 15 is 0 Å². The van der Waals surface area contributed by atoms with Gasteiger partial charge in [-0.05, 0) is 11.5 Å². The number of rotatable bonds is 6. The van der Waals surface area contributed by atoms with Crippen LogP contribution in [0.4, 0.5) is 0 Å². The molecule has 1 aromatic carbocycles. The number of carbonyl (C=O) groups excluding carboxylic acids is 2. The first-order valence-corrected chi connectivity index (χ1v) is 8.75. The standard InChI is InChI=1S/C19H29N3O2/c1-16(2)13-22(17(3)23)15-19(24)21-11-9-20(10-12-21)14-18-7-5-4-6-8-18/h4-8,16H,9-15H2,1-3H3. The lowest BCUT2D eigenvalue weighted by atomic mass is 10.2. The van der Waals surface area contributed by atoms with Gasteiger partial charge in [-0.25, -0.2) is 0 Å². The minimum atomic E-state index is -0.0280. The second-order valence-electron chi connectivity index (χ2n) is 6.94. The summed E-state index contributed by atoms with van der Waals surface area (Å²) in [5.74, 6) is 0.398. The highest BCUT2D eigenvalue weighted by Gasteiger charge is 2.23. The fourth-order valence-electron chi connectivity index (χ4n) is 3.01. The summed E-state index contributed by atoms with van der Waals surface area (Å²) >= 11 is 0. The minimum absolute atomic E-state index is 0.0280. The molecule has 0 radical (unpaired) electrons. The number of hydrogen-bond acceptors (Lipinski definition) is 3. The average molecular weight is 331 g/mol. The average Bonchev–Trinajstić information content (AvgIpc) is 2.55. The third-order valence-electron chi connectivity index (χ3n) is 4.33. The molecular formula is C19H29N3O2. The Labute approximate surface area is 145 Å².